The van der Waals surface area contributed by atoms with E-state index in [-0.39, 0.29) is 0 Å². The highest BCUT2D eigenvalue weighted by Gasteiger charge is 2.09. The molecule has 22 heavy (non-hydrogen) atoms. The summed E-state index contributed by atoms with van der Waals surface area (Å²) >= 11 is 0. The van der Waals surface area contributed by atoms with Crippen molar-refractivity contribution in [1.82, 2.24) is 14.8 Å². The van der Waals surface area contributed by atoms with E-state index in [1.165, 1.54) is 0 Å². The molecule has 0 saturated heterocycles. The summed E-state index contributed by atoms with van der Waals surface area (Å²) in [5.41, 5.74) is 4.18. The first-order valence-corrected chi connectivity index (χ1v) is 7.01. The second-order valence-corrected chi connectivity index (χ2v) is 5.13. The number of pyridine rings is 1. The molecule has 2 heterocycles. The second-order valence-electron chi connectivity index (χ2n) is 5.13. The highest BCUT2D eigenvalue weighted by molar-refractivity contribution is 5.67. The third kappa shape index (κ3) is 2.65. The molecule has 0 N–H and O–H groups in total. The van der Waals surface area contributed by atoms with Crippen LogP contribution in [0, 0.1) is 0 Å². The van der Waals surface area contributed by atoms with Gasteiger partial charge in [-0.15, -0.1) is 0 Å². The minimum Gasteiger partial charge on any atom is -0.481 e. The van der Waals surface area contributed by atoms with Crippen molar-refractivity contribution in [3.63, 3.8) is 0 Å². The lowest BCUT2D eigenvalue weighted by Gasteiger charge is -2.14. The first-order chi connectivity index (χ1) is 10.7. The van der Waals surface area contributed by atoms with Gasteiger partial charge in [-0.05, 0) is 24.3 Å². The summed E-state index contributed by atoms with van der Waals surface area (Å²) in [6.45, 7) is 0. The van der Waals surface area contributed by atoms with E-state index in [1.54, 1.807) is 19.5 Å². The average molecular weight is 294 g/mol. The molecule has 0 fully saturated rings. The maximum absolute atomic E-state index is 5.10. The first kappa shape index (κ1) is 14.1. The predicted octanol–water partition coefficient (Wildman–Crippen LogP) is 3.01. The van der Waals surface area contributed by atoms with E-state index in [0.29, 0.717) is 5.88 Å². The summed E-state index contributed by atoms with van der Waals surface area (Å²) in [6.07, 6.45) is 3.55. The Bertz CT molecular complexity index is 762. The van der Waals surface area contributed by atoms with Crippen molar-refractivity contribution in [2.24, 2.45) is 0 Å². The molecule has 1 aromatic carbocycles. The van der Waals surface area contributed by atoms with Gasteiger partial charge in [-0.25, -0.2) is 9.67 Å². The normalized spacial score (nSPS) is 10.5. The van der Waals surface area contributed by atoms with E-state index in [2.05, 4.69) is 33.2 Å². The van der Waals surface area contributed by atoms with Crippen molar-refractivity contribution in [2.75, 3.05) is 26.1 Å². The van der Waals surface area contributed by atoms with Crippen molar-refractivity contribution in [3.05, 3.63) is 54.9 Å². The van der Waals surface area contributed by atoms with Gasteiger partial charge in [-0.1, -0.05) is 12.1 Å². The fourth-order valence-corrected chi connectivity index (χ4v) is 2.29. The number of ether oxygens (including phenoxy) is 1. The molecule has 0 spiro atoms. The summed E-state index contributed by atoms with van der Waals surface area (Å²) < 4.78 is 6.97. The van der Waals surface area contributed by atoms with Gasteiger partial charge < -0.3 is 9.64 Å². The lowest BCUT2D eigenvalue weighted by Crippen LogP contribution is -2.08. The van der Waals surface area contributed by atoms with E-state index in [1.807, 2.05) is 43.0 Å². The third-order valence-electron chi connectivity index (χ3n) is 3.48. The van der Waals surface area contributed by atoms with Crippen LogP contribution in [0.5, 0.6) is 5.88 Å². The molecule has 112 valence electrons. The van der Waals surface area contributed by atoms with Crippen LogP contribution in [0.4, 0.5) is 5.69 Å². The molecule has 3 aromatic rings. The fourth-order valence-electron chi connectivity index (χ4n) is 2.29. The molecule has 0 bridgehead atoms. The number of hydrogen-bond donors (Lipinski definition) is 0. The predicted molar refractivity (Wildman–Crippen MR) is 87.7 cm³/mol. The Morgan fingerprint density at radius 3 is 2.64 bits per heavy atom. The zero-order chi connectivity index (χ0) is 15.5. The molecule has 0 amide bonds. The van der Waals surface area contributed by atoms with Crippen molar-refractivity contribution in [3.8, 4) is 22.8 Å². The minimum absolute atomic E-state index is 0.590. The highest BCUT2D eigenvalue weighted by atomic mass is 16.5. The van der Waals surface area contributed by atoms with Gasteiger partial charge in [0.1, 0.15) is 0 Å². The van der Waals surface area contributed by atoms with Crippen molar-refractivity contribution < 1.29 is 4.74 Å². The zero-order valence-corrected chi connectivity index (χ0v) is 12.9. The van der Waals surface area contributed by atoms with Crippen LogP contribution in [-0.4, -0.2) is 36.0 Å². The Labute approximate surface area is 129 Å². The van der Waals surface area contributed by atoms with Gasteiger partial charge in [0.2, 0.25) is 5.88 Å². The summed E-state index contributed by atoms with van der Waals surface area (Å²) in [5.74, 6) is 0.590. The molecule has 0 atom stereocenters. The summed E-state index contributed by atoms with van der Waals surface area (Å²) in [4.78, 5) is 6.32. The molecule has 2 aromatic heterocycles. The summed E-state index contributed by atoms with van der Waals surface area (Å²) in [5, 5.41) is 4.42. The molecule has 5 nitrogen and oxygen atoms in total. The molecule has 0 aliphatic carbocycles. The van der Waals surface area contributed by atoms with Crippen LogP contribution in [0.1, 0.15) is 0 Å². The monoisotopic (exact) mass is 294 g/mol. The number of anilines is 1. The maximum Gasteiger partial charge on any atom is 0.213 e. The lowest BCUT2D eigenvalue weighted by molar-refractivity contribution is 0.397. The Morgan fingerprint density at radius 1 is 1.09 bits per heavy atom. The van der Waals surface area contributed by atoms with E-state index in [4.69, 9.17) is 4.74 Å². The SMILES string of the molecule is COc1ccc(-n2nccc2-c2cccc(N(C)C)c2)cn1. The minimum atomic E-state index is 0.590. The van der Waals surface area contributed by atoms with Gasteiger partial charge in [0, 0.05) is 31.4 Å². The molecular formula is C17H18N4O. The quantitative estimate of drug-likeness (QED) is 0.742. The zero-order valence-electron chi connectivity index (χ0n) is 12.9. The molecule has 3 rings (SSSR count). The Hall–Kier alpha value is -2.82. The third-order valence-corrected chi connectivity index (χ3v) is 3.48. The van der Waals surface area contributed by atoms with Gasteiger partial charge in [0.25, 0.3) is 0 Å². The molecule has 0 aliphatic rings. The summed E-state index contributed by atoms with van der Waals surface area (Å²) in [6, 6.07) is 14.1. The molecular weight excluding hydrogens is 276 g/mol. The van der Waals surface area contributed by atoms with Crippen LogP contribution in [0.25, 0.3) is 16.9 Å². The smallest absolute Gasteiger partial charge is 0.213 e. The number of methoxy groups -OCH3 is 1. The lowest BCUT2D eigenvalue weighted by atomic mass is 10.1. The van der Waals surface area contributed by atoms with Gasteiger partial charge in [-0.2, -0.15) is 5.10 Å². The van der Waals surface area contributed by atoms with Gasteiger partial charge in [0.05, 0.1) is 30.9 Å². The highest BCUT2D eigenvalue weighted by Crippen LogP contribution is 2.26. The number of aromatic nitrogens is 3. The number of benzene rings is 1. The standard InChI is InChI=1S/C17H18N4O/c1-20(2)14-6-4-5-13(11-14)16-9-10-19-21(16)15-7-8-17(22-3)18-12-15/h4-12H,1-3H3. The largest absolute Gasteiger partial charge is 0.481 e. The molecule has 0 unspecified atom stereocenters. The van der Waals surface area contributed by atoms with Crippen LogP contribution >= 0.6 is 0 Å². The van der Waals surface area contributed by atoms with Crippen LogP contribution < -0.4 is 9.64 Å². The van der Waals surface area contributed by atoms with Gasteiger partial charge in [-0.3, -0.25) is 0 Å². The Morgan fingerprint density at radius 2 is 1.95 bits per heavy atom. The number of nitrogens with zero attached hydrogens (tertiary/aromatic N) is 4. The second kappa shape index (κ2) is 5.89. The van der Waals surface area contributed by atoms with Gasteiger partial charge >= 0.3 is 0 Å². The van der Waals surface area contributed by atoms with E-state index in [0.717, 1.165) is 22.6 Å². The first-order valence-electron chi connectivity index (χ1n) is 7.01. The maximum atomic E-state index is 5.10. The number of hydrogen-bond acceptors (Lipinski definition) is 4. The van der Waals surface area contributed by atoms with Crippen molar-refractivity contribution >= 4 is 5.69 Å². The van der Waals surface area contributed by atoms with Gasteiger partial charge in [0.15, 0.2) is 0 Å². The Balaban J connectivity index is 2.03. The molecule has 5 heteroatoms. The fraction of sp³-hybridized carbons (Fsp3) is 0.176. The van der Waals surface area contributed by atoms with Crippen LogP contribution in [0.15, 0.2) is 54.9 Å². The van der Waals surface area contributed by atoms with E-state index >= 15 is 0 Å². The topological polar surface area (TPSA) is 43.2 Å². The van der Waals surface area contributed by atoms with Crippen LogP contribution in [0.2, 0.25) is 0 Å². The average Bonchev–Trinajstić information content (AvgIpc) is 3.04. The molecule has 0 saturated carbocycles. The molecule has 0 aliphatic heterocycles. The van der Waals surface area contributed by atoms with Crippen molar-refractivity contribution in [2.45, 2.75) is 0 Å². The van der Waals surface area contributed by atoms with E-state index < -0.39 is 0 Å². The van der Waals surface area contributed by atoms with Crippen molar-refractivity contribution in [1.29, 1.82) is 0 Å². The van der Waals surface area contributed by atoms with Crippen LogP contribution in [-0.2, 0) is 0 Å². The summed E-state index contributed by atoms with van der Waals surface area (Å²) in [7, 11) is 5.67. The van der Waals surface area contributed by atoms with Crippen LogP contribution in [0.3, 0.4) is 0 Å². The van der Waals surface area contributed by atoms with E-state index in [9.17, 15) is 0 Å². The Kier molecular flexibility index (Phi) is 3.78. The molecule has 0 radical (unpaired) electrons. The number of rotatable bonds is 4.